The Balaban J connectivity index is 2.25. The van der Waals surface area contributed by atoms with Crippen molar-refractivity contribution in [3.63, 3.8) is 0 Å². The minimum absolute atomic E-state index is 0.0468. The number of halogens is 2. The van der Waals surface area contributed by atoms with Crippen LogP contribution in [0.15, 0.2) is 42.5 Å². The lowest BCUT2D eigenvalue weighted by molar-refractivity contribution is 0.214. The van der Waals surface area contributed by atoms with E-state index in [2.05, 4.69) is 0 Å². The summed E-state index contributed by atoms with van der Waals surface area (Å²) in [6.07, 6.45) is -1.13. The van der Waals surface area contributed by atoms with E-state index in [9.17, 15) is 13.9 Å². The zero-order chi connectivity index (χ0) is 13.8. The third-order valence-electron chi connectivity index (χ3n) is 2.76. The second-order valence-electron chi connectivity index (χ2n) is 4.07. The van der Waals surface area contributed by atoms with Crippen LogP contribution in [0.1, 0.15) is 24.2 Å². The van der Waals surface area contributed by atoms with Crippen LogP contribution in [0.25, 0.3) is 0 Å². The van der Waals surface area contributed by atoms with Gasteiger partial charge in [0.25, 0.3) is 0 Å². The van der Waals surface area contributed by atoms with Crippen molar-refractivity contribution in [2.24, 2.45) is 0 Å². The summed E-state index contributed by atoms with van der Waals surface area (Å²) in [7, 11) is 0. The van der Waals surface area contributed by atoms with Crippen LogP contribution in [-0.2, 0) is 0 Å². The van der Waals surface area contributed by atoms with Gasteiger partial charge in [-0.05, 0) is 30.7 Å². The summed E-state index contributed by atoms with van der Waals surface area (Å²) >= 11 is 0. The van der Waals surface area contributed by atoms with Gasteiger partial charge in [-0.2, -0.15) is 0 Å². The molecule has 0 bridgehead atoms. The van der Waals surface area contributed by atoms with E-state index < -0.39 is 17.7 Å². The smallest absolute Gasteiger partial charge is 0.132 e. The van der Waals surface area contributed by atoms with Crippen molar-refractivity contribution in [2.45, 2.75) is 13.0 Å². The van der Waals surface area contributed by atoms with Crippen LogP contribution in [0.3, 0.4) is 0 Å². The van der Waals surface area contributed by atoms with Crippen LogP contribution in [0.5, 0.6) is 5.75 Å². The summed E-state index contributed by atoms with van der Waals surface area (Å²) in [6.45, 7) is 2.42. The van der Waals surface area contributed by atoms with Gasteiger partial charge in [-0.1, -0.05) is 18.2 Å². The minimum atomic E-state index is -1.13. The highest BCUT2D eigenvalue weighted by molar-refractivity contribution is 5.34. The first-order valence-corrected chi connectivity index (χ1v) is 5.97. The highest BCUT2D eigenvalue weighted by Crippen LogP contribution is 2.26. The predicted octanol–water partition coefficient (Wildman–Crippen LogP) is 3.45. The maximum atomic E-state index is 13.6. The molecule has 0 saturated heterocycles. The molecule has 1 N–H and O–H groups in total. The molecule has 2 nitrogen and oxygen atoms in total. The van der Waals surface area contributed by atoms with Crippen molar-refractivity contribution in [3.05, 3.63) is 65.2 Å². The van der Waals surface area contributed by atoms with Gasteiger partial charge in [0.15, 0.2) is 0 Å². The fourth-order valence-corrected chi connectivity index (χ4v) is 1.82. The second kappa shape index (κ2) is 5.80. The predicted molar refractivity (Wildman–Crippen MR) is 68.0 cm³/mol. The minimum Gasteiger partial charge on any atom is -0.494 e. The lowest BCUT2D eigenvalue weighted by Crippen LogP contribution is -2.03. The first kappa shape index (κ1) is 13.5. The molecule has 0 aliphatic rings. The van der Waals surface area contributed by atoms with Crippen LogP contribution < -0.4 is 4.74 Å². The highest BCUT2D eigenvalue weighted by Gasteiger charge is 2.15. The Morgan fingerprint density at radius 1 is 1.11 bits per heavy atom. The Morgan fingerprint density at radius 3 is 2.37 bits per heavy atom. The van der Waals surface area contributed by atoms with Gasteiger partial charge in [0.05, 0.1) is 6.61 Å². The number of benzene rings is 2. The number of hydrogen-bond acceptors (Lipinski definition) is 2. The number of aliphatic hydroxyl groups excluding tert-OH is 1. The first-order valence-electron chi connectivity index (χ1n) is 5.97. The normalized spacial score (nSPS) is 12.2. The fraction of sp³-hybridized carbons (Fsp3) is 0.200. The lowest BCUT2D eigenvalue weighted by atomic mass is 10.0. The Hall–Kier alpha value is -1.94. The first-order chi connectivity index (χ1) is 9.11. The summed E-state index contributed by atoms with van der Waals surface area (Å²) in [5.41, 5.74) is 0.569. The van der Waals surface area contributed by atoms with Gasteiger partial charge >= 0.3 is 0 Å². The number of ether oxygens (including phenoxy) is 1. The van der Waals surface area contributed by atoms with E-state index in [0.717, 1.165) is 12.1 Å². The number of hydrogen-bond donors (Lipinski definition) is 1. The van der Waals surface area contributed by atoms with E-state index in [4.69, 9.17) is 4.74 Å². The molecule has 1 atom stereocenters. The van der Waals surface area contributed by atoms with E-state index in [0.29, 0.717) is 17.9 Å². The van der Waals surface area contributed by atoms with Crippen molar-refractivity contribution in [1.29, 1.82) is 0 Å². The van der Waals surface area contributed by atoms with Crippen LogP contribution in [0.4, 0.5) is 8.78 Å². The summed E-state index contributed by atoms with van der Waals surface area (Å²) < 4.78 is 31.7. The number of rotatable bonds is 4. The third-order valence-corrected chi connectivity index (χ3v) is 2.76. The van der Waals surface area contributed by atoms with E-state index in [1.165, 1.54) is 6.07 Å². The van der Waals surface area contributed by atoms with Crippen LogP contribution in [0, 0.1) is 11.6 Å². The van der Waals surface area contributed by atoms with Gasteiger partial charge in [-0.3, -0.25) is 0 Å². The second-order valence-corrected chi connectivity index (χ2v) is 4.07. The summed E-state index contributed by atoms with van der Waals surface area (Å²) in [5, 5.41) is 10.1. The zero-order valence-corrected chi connectivity index (χ0v) is 10.4. The molecule has 100 valence electrons. The van der Waals surface area contributed by atoms with Crippen molar-refractivity contribution in [2.75, 3.05) is 6.61 Å². The average Bonchev–Trinajstić information content (AvgIpc) is 2.39. The molecule has 0 amide bonds. The SMILES string of the molecule is CCOc1ccc(C(O)c2ccc(F)cc2F)cc1. The number of aliphatic hydroxyl groups is 1. The topological polar surface area (TPSA) is 29.5 Å². The molecule has 0 aromatic heterocycles. The van der Waals surface area contributed by atoms with Crippen molar-refractivity contribution < 1.29 is 18.6 Å². The van der Waals surface area contributed by atoms with Crippen LogP contribution in [0.2, 0.25) is 0 Å². The van der Waals surface area contributed by atoms with Gasteiger partial charge in [0, 0.05) is 11.6 Å². The van der Waals surface area contributed by atoms with Crippen LogP contribution in [-0.4, -0.2) is 11.7 Å². The maximum absolute atomic E-state index is 13.6. The Kier molecular flexibility index (Phi) is 4.12. The third kappa shape index (κ3) is 3.09. The monoisotopic (exact) mass is 264 g/mol. The standard InChI is InChI=1S/C15H14F2O2/c1-2-19-12-6-3-10(4-7-12)15(18)13-8-5-11(16)9-14(13)17/h3-9,15,18H,2H2,1H3. The lowest BCUT2D eigenvalue weighted by Gasteiger charge is -2.13. The maximum Gasteiger partial charge on any atom is 0.132 e. The van der Waals surface area contributed by atoms with Gasteiger partial charge in [-0.15, -0.1) is 0 Å². The van der Waals surface area contributed by atoms with Gasteiger partial charge < -0.3 is 9.84 Å². The molecule has 0 spiro atoms. The fourth-order valence-electron chi connectivity index (χ4n) is 1.82. The Morgan fingerprint density at radius 2 is 1.79 bits per heavy atom. The molecular weight excluding hydrogens is 250 g/mol. The van der Waals surface area contributed by atoms with Crippen molar-refractivity contribution in [3.8, 4) is 5.75 Å². The molecule has 2 rings (SSSR count). The molecule has 0 saturated carbocycles. The van der Waals surface area contributed by atoms with E-state index in [1.807, 2.05) is 6.92 Å². The largest absolute Gasteiger partial charge is 0.494 e. The molecule has 0 fully saturated rings. The molecule has 0 radical (unpaired) electrons. The Labute approximate surface area is 110 Å². The molecule has 0 aliphatic heterocycles. The van der Waals surface area contributed by atoms with Gasteiger partial charge in [0.1, 0.15) is 23.5 Å². The van der Waals surface area contributed by atoms with Gasteiger partial charge in [0.2, 0.25) is 0 Å². The Bertz CT molecular complexity index is 553. The molecular formula is C15H14F2O2. The summed E-state index contributed by atoms with van der Waals surface area (Å²) in [4.78, 5) is 0. The van der Waals surface area contributed by atoms with Crippen molar-refractivity contribution >= 4 is 0 Å². The molecule has 1 unspecified atom stereocenters. The van der Waals surface area contributed by atoms with E-state index in [1.54, 1.807) is 24.3 Å². The molecule has 0 heterocycles. The van der Waals surface area contributed by atoms with E-state index in [-0.39, 0.29) is 5.56 Å². The molecule has 19 heavy (non-hydrogen) atoms. The molecule has 2 aromatic carbocycles. The summed E-state index contributed by atoms with van der Waals surface area (Å²) in [6, 6.07) is 9.82. The average molecular weight is 264 g/mol. The molecule has 2 aromatic rings. The van der Waals surface area contributed by atoms with Crippen molar-refractivity contribution in [1.82, 2.24) is 0 Å². The van der Waals surface area contributed by atoms with Crippen LogP contribution >= 0.6 is 0 Å². The molecule has 4 heteroatoms. The zero-order valence-electron chi connectivity index (χ0n) is 10.4. The molecule has 0 aliphatic carbocycles. The quantitative estimate of drug-likeness (QED) is 0.916. The highest BCUT2D eigenvalue weighted by atomic mass is 19.1. The van der Waals surface area contributed by atoms with E-state index >= 15 is 0 Å². The summed E-state index contributed by atoms with van der Waals surface area (Å²) in [5.74, 6) is -0.750. The van der Waals surface area contributed by atoms with Gasteiger partial charge in [-0.25, -0.2) is 8.78 Å².